The summed E-state index contributed by atoms with van der Waals surface area (Å²) in [5.41, 5.74) is 0. The normalized spacial score (nSPS) is 14.1. The van der Waals surface area contributed by atoms with E-state index in [9.17, 15) is 4.79 Å². The molecule has 0 N–H and O–H groups in total. The Morgan fingerprint density at radius 2 is 1.03 bits per heavy atom. The van der Waals surface area contributed by atoms with Gasteiger partial charge in [-0.3, -0.25) is 4.79 Å². The van der Waals surface area contributed by atoms with Gasteiger partial charge in [-0.15, -0.1) is 0 Å². The molecule has 150 valence electrons. The van der Waals surface area contributed by atoms with Gasteiger partial charge in [0.2, 0.25) is 0 Å². The zero-order valence-corrected chi connectivity index (χ0v) is 18.2. The molecule has 4 rings (SSSR count). The Labute approximate surface area is 180 Å². The van der Waals surface area contributed by atoms with Crippen molar-refractivity contribution in [3.63, 3.8) is 0 Å². The van der Waals surface area contributed by atoms with E-state index in [1.807, 2.05) is 0 Å². The predicted octanol–water partition coefficient (Wildman–Crippen LogP) is 0.997. The summed E-state index contributed by atoms with van der Waals surface area (Å²) < 4.78 is 0. The van der Waals surface area contributed by atoms with Gasteiger partial charge < -0.3 is 17.3 Å². The molecule has 1 aliphatic rings. The van der Waals surface area contributed by atoms with Crippen molar-refractivity contribution in [2.24, 2.45) is 0 Å². The van der Waals surface area contributed by atoms with E-state index in [-0.39, 0.29) is 12.4 Å². The molecule has 29 heavy (non-hydrogen) atoms. The first-order valence-electron chi connectivity index (χ1n) is 10.1. The molecule has 0 unspecified atom stereocenters. The van der Waals surface area contributed by atoms with Gasteiger partial charge in [-0.2, -0.15) is 0 Å². The van der Waals surface area contributed by atoms with Crippen LogP contribution in [0.2, 0.25) is 0 Å². The third kappa shape index (κ3) is 4.55. The van der Waals surface area contributed by atoms with Crippen molar-refractivity contribution in [1.29, 1.82) is 0 Å². The molecule has 0 aliphatic carbocycles. The number of rotatable bonds is 5. The molecule has 0 aromatic heterocycles. The highest BCUT2D eigenvalue weighted by atomic mass is 35.5. The Kier molecular flexibility index (Phi) is 7.47. The van der Waals surface area contributed by atoms with Gasteiger partial charge >= 0.3 is 0 Å². The molecule has 3 aromatic carbocycles. The number of amides is 1. The van der Waals surface area contributed by atoms with Gasteiger partial charge in [0, 0.05) is 13.1 Å². The number of nitrogens with zero attached hydrogens (tertiary/aromatic N) is 1. The second-order valence-electron chi connectivity index (χ2n) is 7.42. The van der Waals surface area contributed by atoms with Gasteiger partial charge in [-0.05, 0) is 55.7 Å². The van der Waals surface area contributed by atoms with Crippen LogP contribution in [-0.2, 0) is 4.79 Å². The zero-order valence-electron chi connectivity index (χ0n) is 16.6. The monoisotopic (exact) mass is 423 g/mol. The molecule has 4 heteroatoms. The summed E-state index contributed by atoms with van der Waals surface area (Å²) in [6.45, 7) is 1.80. The van der Waals surface area contributed by atoms with Gasteiger partial charge in [0.25, 0.3) is 5.91 Å². The van der Waals surface area contributed by atoms with Crippen molar-refractivity contribution in [2.75, 3.05) is 19.3 Å². The summed E-state index contributed by atoms with van der Waals surface area (Å²) in [7, 11) is -2.07. The van der Waals surface area contributed by atoms with Crippen LogP contribution in [0.1, 0.15) is 19.3 Å². The van der Waals surface area contributed by atoms with Crippen LogP contribution in [0.15, 0.2) is 91.0 Å². The summed E-state index contributed by atoms with van der Waals surface area (Å²) in [6, 6.07) is 32.0. The van der Waals surface area contributed by atoms with Crippen molar-refractivity contribution in [2.45, 2.75) is 19.3 Å². The number of likely N-dealkylation sites (tertiary alicyclic amines) is 1. The van der Waals surface area contributed by atoms with Crippen molar-refractivity contribution < 1.29 is 17.2 Å². The van der Waals surface area contributed by atoms with Crippen LogP contribution in [0.4, 0.5) is 0 Å². The number of halogens is 1. The van der Waals surface area contributed by atoms with Crippen molar-refractivity contribution in [1.82, 2.24) is 4.90 Å². The third-order valence-electron chi connectivity index (χ3n) is 5.67. The first-order valence-corrected chi connectivity index (χ1v) is 12.1. The maximum atomic E-state index is 13.5. The van der Waals surface area contributed by atoms with Crippen LogP contribution in [0.5, 0.6) is 0 Å². The number of benzene rings is 3. The molecule has 0 saturated carbocycles. The fourth-order valence-electron chi connectivity index (χ4n) is 4.21. The van der Waals surface area contributed by atoms with Gasteiger partial charge in [0.15, 0.2) is 6.16 Å². The van der Waals surface area contributed by atoms with E-state index in [0.29, 0.717) is 12.1 Å². The Morgan fingerprint density at radius 1 is 0.655 bits per heavy atom. The summed E-state index contributed by atoms with van der Waals surface area (Å²) in [5.74, 6) is 0.296. The SMILES string of the molecule is O=C(C[P+](c1ccccc1)(c1ccccc1)c1ccccc1)N1CCCCC1.[Cl-]. The largest absolute Gasteiger partial charge is 1.00 e. The van der Waals surface area contributed by atoms with Gasteiger partial charge in [-0.1, -0.05) is 54.6 Å². The number of carbonyl (C=O) groups excluding carboxylic acids is 1. The van der Waals surface area contributed by atoms with E-state index in [1.54, 1.807) is 0 Å². The molecule has 3 aromatic rings. The lowest BCUT2D eigenvalue weighted by Crippen LogP contribution is -3.00. The maximum Gasteiger partial charge on any atom is 0.261 e. The van der Waals surface area contributed by atoms with Crippen molar-refractivity contribution in [3.8, 4) is 0 Å². The van der Waals surface area contributed by atoms with E-state index in [4.69, 9.17) is 0 Å². The Balaban J connectivity index is 0.00000240. The molecule has 0 atom stereocenters. The predicted molar refractivity (Wildman–Crippen MR) is 120 cm³/mol. The molecule has 0 spiro atoms. The summed E-state index contributed by atoms with van der Waals surface area (Å²) in [4.78, 5) is 15.6. The van der Waals surface area contributed by atoms with Crippen molar-refractivity contribution in [3.05, 3.63) is 91.0 Å². The molecule has 1 fully saturated rings. The molecular weight excluding hydrogens is 397 g/mol. The van der Waals surface area contributed by atoms with Crippen molar-refractivity contribution >= 4 is 29.1 Å². The van der Waals surface area contributed by atoms with E-state index in [2.05, 4.69) is 95.9 Å². The minimum atomic E-state index is -2.07. The fourth-order valence-corrected chi connectivity index (χ4v) is 8.31. The molecule has 1 amide bonds. The average Bonchev–Trinajstić information content (AvgIpc) is 2.80. The lowest BCUT2D eigenvalue weighted by atomic mass is 10.1. The second-order valence-corrected chi connectivity index (χ2v) is 10.9. The zero-order chi connectivity index (χ0) is 19.2. The van der Waals surface area contributed by atoms with Crippen LogP contribution in [0.25, 0.3) is 0 Å². The standard InChI is InChI=1S/C25H27NOP.ClH/c27-25(26-19-11-4-12-20-26)21-28(22-13-5-1-6-14-22,23-15-7-2-8-16-23)24-17-9-3-10-18-24;/h1-3,5-10,13-18H,4,11-12,19-21H2;1H/q+1;/p-1. The van der Waals surface area contributed by atoms with Crippen LogP contribution in [-0.4, -0.2) is 30.1 Å². The average molecular weight is 424 g/mol. The second kappa shape index (κ2) is 10.1. The van der Waals surface area contributed by atoms with Gasteiger partial charge in [-0.25, -0.2) is 0 Å². The molecular formula is C25H27ClNOP. The number of carbonyl (C=O) groups is 1. The fraction of sp³-hybridized carbons (Fsp3) is 0.240. The van der Waals surface area contributed by atoms with Crippen LogP contribution in [0.3, 0.4) is 0 Å². The minimum absolute atomic E-state index is 0. The highest BCUT2D eigenvalue weighted by molar-refractivity contribution is 7.96. The maximum absolute atomic E-state index is 13.5. The molecule has 2 nitrogen and oxygen atoms in total. The molecule has 1 saturated heterocycles. The highest BCUT2D eigenvalue weighted by Crippen LogP contribution is 2.55. The number of hydrogen-bond donors (Lipinski definition) is 0. The third-order valence-corrected chi connectivity index (χ3v) is 9.96. The van der Waals surface area contributed by atoms with E-state index >= 15 is 0 Å². The van der Waals surface area contributed by atoms with E-state index in [1.165, 1.54) is 22.3 Å². The molecule has 0 bridgehead atoms. The Morgan fingerprint density at radius 3 is 1.41 bits per heavy atom. The Bertz CT molecular complexity index is 799. The first kappa shape index (κ1) is 21.6. The van der Waals surface area contributed by atoms with Crippen LogP contribution >= 0.6 is 7.26 Å². The topological polar surface area (TPSA) is 20.3 Å². The minimum Gasteiger partial charge on any atom is -1.00 e. The summed E-state index contributed by atoms with van der Waals surface area (Å²) >= 11 is 0. The number of piperidine rings is 1. The number of hydrogen-bond acceptors (Lipinski definition) is 1. The van der Waals surface area contributed by atoms with E-state index < -0.39 is 7.26 Å². The van der Waals surface area contributed by atoms with E-state index in [0.717, 1.165) is 25.9 Å². The highest BCUT2D eigenvalue weighted by Gasteiger charge is 2.48. The molecule has 1 heterocycles. The molecule has 0 radical (unpaired) electrons. The van der Waals surface area contributed by atoms with Gasteiger partial charge in [0.1, 0.15) is 23.2 Å². The Hall–Kier alpha value is -2.15. The van der Waals surface area contributed by atoms with Gasteiger partial charge in [0.05, 0.1) is 0 Å². The lowest BCUT2D eigenvalue weighted by Gasteiger charge is -2.31. The quantitative estimate of drug-likeness (QED) is 0.561. The summed E-state index contributed by atoms with van der Waals surface area (Å²) in [5, 5.41) is 3.83. The lowest BCUT2D eigenvalue weighted by molar-refractivity contribution is -0.129. The first-order chi connectivity index (χ1) is 13.8. The smallest absolute Gasteiger partial charge is 0.261 e. The van der Waals surface area contributed by atoms with Crippen LogP contribution < -0.4 is 28.3 Å². The molecule has 1 aliphatic heterocycles. The summed E-state index contributed by atoms with van der Waals surface area (Å²) in [6.07, 6.45) is 4.05. The van der Waals surface area contributed by atoms with Crippen LogP contribution in [0, 0.1) is 0 Å².